The van der Waals surface area contributed by atoms with Gasteiger partial charge in [-0.25, -0.2) is 14.6 Å². The van der Waals surface area contributed by atoms with E-state index in [4.69, 9.17) is 16.3 Å². The number of carbonyl (C=O) groups excluding carboxylic acids is 1. The fraction of sp³-hybridized carbons (Fsp3) is 0.294. The Balaban J connectivity index is 1.65. The third-order valence-corrected chi connectivity index (χ3v) is 5.02. The van der Waals surface area contributed by atoms with Gasteiger partial charge in [-0.3, -0.25) is 9.36 Å². The molecule has 8 nitrogen and oxygen atoms in total. The van der Waals surface area contributed by atoms with Crippen molar-refractivity contribution in [1.29, 1.82) is 0 Å². The van der Waals surface area contributed by atoms with Crippen LogP contribution in [-0.4, -0.2) is 54.9 Å². The van der Waals surface area contributed by atoms with Gasteiger partial charge in [0, 0.05) is 6.54 Å². The predicted molar refractivity (Wildman–Crippen MR) is 92.9 cm³/mol. The van der Waals surface area contributed by atoms with Crippen LogP contribution in [0.15, 0.2) is 30.7 Å². The van der Waals surface area contributed by atoms with E-state index in [0.29, 0.717) is 31.3 Å². The van der Waals surface area contributed by atoms with Gasteiger partial charge < -0.3 is 9.64 Å². The van der Waals surface area contributed by atoms with Gasteiger partial charge in [0.05, 0.1) is 47.9 Å². The smallest absolute Gasteiger partial charge is 0.249 e. The number of ether oxygens (including phenoxy) is 1. The van der Waals surface area contributed by atoms with Crippen LogP contribution < -0.4 is 0 Å². The third kappa shape index (κ3) is 2.33. The van der Waals surface area contributed by atoms with Crippen molar-refractivity contribution in [2.45, 2.75) is 13.1 Å². The maximum atomic E-state index is 12.1. The van der Waals surface area contributed by atoms with Crippen molar-refractivity contribution < 1.29 is 9.53 Å². The van der Waals surface area contributed by atoms with E-state index in [1.54, 1.807) is 4.90 Å². The van der Waals surface area contributed by atoms with E-state index in [2.05, 4.69) is 19.6 Å². The monoisotopic (exact) mass is 370 g/mol. The number of fused-ring (bicyclic) bond motifs is 5. The zero-order valence-electron chi connectivity index (χ0n) is 13.8. The standard InChI is InChI=1S/C17H15ClN6O2/c18-12-2-1-3-13-16(12)17-20-10-21-23(17)7-11-6-19-14(24(11)13)8-22-4-5-26-9-15(22)25/h1-3,6,10H,4-5,7-9H2. The van der Waals surface area contributed by atoms with E-state index in [9.17, 15) is 4.79 Å². The minimum atomic E-state index is -0.0249. The van der Waals surface area contributed by atoms with Crippen molar-refractivity contribution in [1.82, 2.24) is 29.2 Å². The number of benzene rings is 1. The molecule has 1 saturated heterocycles. The molecule has 2 aliphatic heterocycles. The molecule has 1 aromatic carbocycles. The Morgan fingerprint density at radius 3 is 3.08 bits per heavy atom. The van der Waals surface area contributed by atoms with Crippen molar-refractivity contribution in [2.75, 3.05) is 19.8 Å². The van der Waals surface area contributed by atoms with Crippen LogP contribution in [0.2, 0.25) is 5.02 Å². The summed E-state index contributed by atoms with van der Waals surface area (Å²) in [5, 5.41) is 4.92. The molecule has 0 spiro atoms. The van der Waals surface area contributed by atoms with Crippen LogP contribution in [0.3, 0.4) is 0 Å². The van der Waals surface area contributed by atoms with Crippen molar-refractivity contribution >= 4 is 17.5 Å². The molecular formula is C17H15ClN6O2. The topological polar surface area (TPSA) is 78.1 Å². The molecule has 1 fully saturated rings. The number of halogens is 1. The molecule has 0 aliphatic carbocycles. The average Bonchev–Trinajstić information content (AvgIpc) is 3.22. The van der Waals surface area contributed by atoms with Crippen LogP contribution in [0.5, 0.6) is 0 Å². The maximum absolute atomic E-state index is 12.1. The van der Waals surface area contributed by atoms with E-state index in [1.807, 2.05) is 29.1 Å². The summed E-state index contributed by atoms with van der Waals surface area (Å²) in [4.78, 5) is 22.9. The van der Waals surface area contributed by atoms with Gasteiger partial charge in [0.2, 0.25) is 5.91 Å². The normalized spacial score (nSPS) is 16.0. The van der Waals surface area contributed by atoms with Crippen molar-refractivity contribution in [3.63, 3.8) is 0 Å². The quantitative estimate of drug-likeness (QED) is 0.534. The summed E-state index contributed by atoms with van der Waals surface area (Å²) in [5.41, 5.74) is 2.68. The number of morpholine rings is 1. The molecule has 0 N–H and O–H groups in total. The highest BCUT2D eigenvalue weighted by Crippen LogP contribution is 2.36. The fourth-order valence-electron chi connectivity index (χ4n) is 3.48. The van der Waals surface area contributed by atoms with Crippen molar-refractivity contribution in [2.24, 2.45) is 0 Å². The second-order valence-electron chi connectivity index (χ2n) is 6.24. The van der Waals surface area contributed by atoms with Gasteiger partial charge in [-0.05, 0) is 12.1 Å². The lowest BCUT2D eigenvalue weighted by atomic mass is 10.1. The van der Waals surface area contributed by atoms with Gasteiger partial charge in [-0.2, -0.15) is 5.10 Å². The van der Waals surface area contributed by atoms with Crippen LogP contribution >= 0.6 is 11.6 Å². The molecule has 2 aliphatic rings. The molecule has 0 atom stereocenters. The summed E-state index contributed by atoms with van der Waals surface area (Å²) in [6.07, 6.45) is 3.35. The summed E-state index contributed by atoms with van der Waals surface area (Å²) in [7, 11) is 0. The highest BCUT2D eigenvalue weighted by atomic mass is 35.5. The molecule has 9 heteroatoms. The number of hydrogen-bond donors (Lipinski definition) is 0. The van der Waals surface area contributed by atoms with Crippen molar-refractivity contribution in [3.05, 3.63) is 47.3 Å². The first-order valence-electron chi connectivity index (χ1n) is 8.30. The average molecular weight is 371 g/mol. The van der Waals surface area contributed by atoms with E-state index < -0.39 is 0 Å². The molecule has 0 radical (unpaired) electrons. The SMILES string of the molecule is O=C1COCCN1Cc1ncc2n1-c1cccc(Cl)c1-c1ncnn1C2. The van der Waals surface area contributed by atoms with Crippen LogP contribution in [0, 0.1) is 0 Å². The Morgan fingerprint density at radius 2 is 2.19 bits per heavy atom. The van der Waals surface area contributed by atoms with Crippen LogP contribution in [-0.2, 0) is 22.6 Å². The van der Waals surface area contributed by atoms with Crippen molar-refractivity contribution in [3.8, 4) is 17.1 Å². The van der Waals surface area contributed by atoms with Gasteiger partial charge >= 0.3 is 0 Å². The molecule has 1 amide bonds. The molecule has 26 heavy (non-hydrogen) atoms. The van der Waals surface area contributed by atoms with Crippen LogP contribution in [0.1, 0.15) is 11.5 Å². The van der Waals surface area contributed by atoms with Gasteiger partial charge in [-0.1, -0.05) is 17.7 Å². The highest BCUT2D eigenvalue weighted by Gasteiger charge is 2.27. The van der Waals surface area contributed by atoms with Gasteiger partial charge in [-0.15, -0.1) is 0 Å². The summed E-state index contributed by atoms with van der Waals surface area (Å²) < 4.78 is 9.08. The van der Waals surface area contributed by atoms with Crippen LogP contribution in [0.4, 0.5) is 0 Å². The van der Waals surface area contributed by atoms with Gasteiger partial charge in [0.1, 0.15) is 18.8 Å². The number of hydrogen-bond acceptors (Lipinski definition) is 5. The molecule has 132 valence electrons. The molecule has 0 unspecified atom stereocenters. The lowest BCUT2D eigenvalue weighted by molar-refractivity contribution is -0.143. The van der Waals surface area contributed by atoms with E-state index >= 15 is 0 Å². The summed E-state index contributed by atoms with van der Waals surface area (Å²) in [6.45, 7) is 2.18. The first kappa shape index (κ1) is 15.5. The summed E-state index contributed by atoms with van der Waals surface area (Å²) in [5.74, 6) is 1.48. The Bertz CT molecular complexity index is 1010. The van der Waals surface area contributed by atoms with Gasteiger partial charge in [0.25, 0.3) is 0 Å². The largest absolute Gasteiger partial charge is 0.370 e. The Kier molecular flexibility index (Phi) is 3.54. The lowest BCUT2D eigenvalue weighted by Gasteiger charge is -2.27. The first-order valence-corrected chi connectivity index (χ1v) is 8.68. The summed E-state index contributed by atoms with van der Waals surface area (Å²) in [6, 6.07) is 5.73. The Labute approximate surface area is 154 Å². The summed E-state index contributed by atoms with van der Waals surface area (Å²) >= 11 is 6.50. The molecular weight excluding hydrogens is 356 g/mol. The molecule has 3 aromatic rings. The minimum Gasteiger partial charge on any atom is -0.370 e. The number of aromatic nitrogens is 5. The second kappa shape index (κ2) is 5.93. The Morgan fingerprint density at radius 1 is 1.27 bits per heavy atom. The molecule has 0 bridgehead atoms. The third-order valence-electron chi connectivity index (χ3n) is 4.71. The highest BCUT2D eigenvalue weighted by molar-refractivity contribution is 6.33. The minimum absolute atomic E-state index is 0.0249. The van der Waals surface area contributed by atoms with Crippen LogP contribution in [0.25, 0.3) is 17.1 Å². The zero-order chi connectivity index (χ0) is 17.7. The number of amides is 1. The fourth-order valence-corrected chi connectivity index (χ4v) is 3.74. The lowest BCUT2D eigenvalue weighted by Crippen LogP contribution is -2.41. The molecule has 2 aromatic heterocycles. The van der Waals surface area contributed by atoms with E-state index in [-0.39, 0.29) is 12.5 Å². The molecule has 0 saturated carbocycles. The first-order chi connectivity index (χ1) is 12.7. The van der Waals surface area contributed by atoms with E-state index in [0.717, 1.165) is 28.6 Å². The molecule has 4 heterocycles. The number of imidazole rings is 1. The van der Waals surface area contributed by atoms with Gasteiger partial charge in [0.15, 0.2) is 5.82 Å². The number of rotatable bonds is 2. The van der Waals surface area contributed by atoms with E-state index in [1.165, 1.54) is 6.33 Å². The Hall–Kier alpha value is -2.71. The number of nitrogens with zero attached hydrogens (tertiary/aromatic N) is 6. The predicted octanol–water partition coefficient (Wildman–Crippen LogP) is 1.50. The zero-order valence-corrected chi connectivity index (χ0v) is 14.6. The molecule has 5 rings (SSSR count). The maximum Gasteiger partial charge on any atom is 0.249 e. The second-order valence-corrected chi connectivity index (χ2v) is 6.65. The number of carbonyl (C=O) groups is 1.